The van der Waals surface area contributed by atoms with Crippen molar-refractivity contribution in [1.82, 2.24) is 0 Å². The van der Waals surface area contributed by atoms with E-state index in [9.17, 15) is 0 Å². The van der Waals surface area contributed by atoms with Crippen LogP contribution in [0.4, 0.5) is 5.69 Å². The maximum absolute atomic E-state index is 5.77. The van der Waals surface area contributed by atoms with Crippen LogP contribution in [-0.4, -0.2) is 7.11 Å². The van der Waals surface area contributed by atoms with Crippen LogP contribution in [0.1, 0.15) is 44.1 Å². The zero-order valence-corrected chi connectivity index (χ0v) is 10.2. The third kappa shape index (κ3) is 2.31. The molecule has 0 unspecified atom stereocenters. The van der Waals surface area contributed by atoms with E-state index >= 15 is 0 Å². The zero-order chi connectivity index (χ0) is 11.5. The van der Waals surface area contributed by atoms with E-state index in [-0.39, 0.29) is 0 Å². The first-order valence-corrected chi connectivity index (χ1v) is 6.14. The van der Waals surface area contributed by atoms with Gasteiger partial charge in [0, 0.05) is 11.8 Å². The SMILES string of the molecule is COc1cc(N)ccc1C1CCC(C)CC1. The first kappa shape index (κ1) is 11.3. The minimum atomic E-state index is 0.659. The molecular weight excluding hydrogens is 198 g/mol. The van der Waals surface area contributed by atoms with E-state index in [0.29, 0.717) is 5.92 Å². The summed E-state index contributed by atoms with van der Waals surface area (Å²) in [5.74, 6) is 2.50. The molecule has 0 aromatic heterocycles. The minimum Gasteiger partial charge on any atom is -0.496 e. The van der Waals surface area contributed by atoms with Crippen molar-refractivity contribution in [3.63, 3.8) is 0 Å². The van der Waals surface area contributed by atoms with Crippen molar-refractivity contribution >= 4 is 5.69 Å². The fraction of sp³-hybridized carbons (Fsp3) is 0.571. The van der Waals surface area contributed by atoms with Gasteiger partial charge in [0.15, 0.2) is 0 Å². The minimum absolute atomic E-state index is 0.659. The smallest absolute Gasteiger partial charge is 0.124 e. The van der Waals surface area contributed by atoms with Crippen molar-refractivity contribution < 1.29 is 4.74 Å². The third-order valence-electron chi connectivity index (χ3n) is 3.71. The Morgan fingerprint density at radius 3 is 2.50 bits per heavy atom. The quantitative estimate of drug-likeness (QED) is 0.772. The maximum Gasteiger partial charge on any atom is 0.124 e. The standard InChI is InChI=1S/C14H21NO/c1-10-3-5-11(6-4-10)13-8-7-12(15)9-14(13)16-2/h7-11H,3-6,15H2,1-2H3. The van der Waals surface area contributed by atoms with Gasteiger partial charge in [-0.1, -0.05) is 25.8 Å². The number of methoxy groups -OCH3 is 1. The molecule has 0 aliphatic heterocycles. The molecular formula is C14H21NO. The molecule has 1 aromatic carbocycles. The molecule has 1 saturated carbocycles. The van der Waals surface area contributed by atoms with E-state index in [1.165, 1.54) is 31.2 Å². The molecule has 2 nitrogen and oxygen atoms in total. The van der Waals surface area contributed by atoms with Crippen LogP contribution in [0, 0.1) is 5.92 Å². The van der Waals surface area contributed by atoms with Gasteiger partial charge in [-0.2, -0.15) is 0 Å². The summed E-state index contributed by atoms with van der Waals surface area (Å²) in [6.07, 6.45) is 5.22. The van der Waals surface area contributed by atoms with Gasteiger partial charge < -0.3 is 10.5 Å². The van der Waals surface area contributed by atoms with E-state index in [1.54, 1.807) is 7.11 Å². The Balaban J connectivity index is 2.19. The lowest BCUT2D eigenvalue weighted by Gasteiger charge is -2.27. The summed E-state index contributed by atoms with van der Waals surface area (Å²) in [7, 11) is 1.73. The molecule has 0 radical (unpaired) electrons. The number of hydrogen-bond donors (Lipinski definition) is 1. The second-order valence-corrected chi connectivity index (χ2v) is 4.96. The molecule has 0 bridgehead atoms. The fourth-order valence-electron chi connectivity index (χ4n) is 2.64. The molecule has 1 aliphatic rings. The molecule has 2 rings (SSSR count). The van der Waals surface area contributed by atoms with Crippen LogP contribution in [0.2, 0.25) is 0 Å². The Labute approximate surface area is 97.8 Å². The van der Waals surface area contributed by atoms with Gasteiger partial charge in [0.2, 0.25) is 0 Å². The second-order valence-electron chi connectivity index (χ2n) is 4.96. The molecule has 16 heavy (non-hydrogen) atoms. The van der Waals surface area contributed by atoms with E-state index in [0.717, 1.165) is 17.4 Å². The van der Waals surface area contributed by atoms with Crippen molar-refractivity contribution in [1.29, 1.82) is 0 Å². The highest BCUT2D eigenvalue weighted by molar-refractivity contribution is 5.49. The highest BCUT2D eigenvalue weighted by Gasteiger charge is 2.22. The third-order valence-corrected chi connectivity index (χ3v) is 3.71. The lowest BCUT2D eigenvalue weighted by molar-refractivity contribution is 0.336. The molecule has 2 heteroatoms. The molecule has 0 atom stereocenters. The van der Waals surface area contributed by atoms with Crippen LogP contribution in [-0.2, 0) is 0 Å². The van der Waals surface area contributed by atoms with Gasteiger partial charge in [-0.3, -0.25) is 0 Å². The predicted octanol–water partition coefficient (Wildman–Crippen LogP) is 3.57. The van der Waals surface area contributed by atoms with E-state index < -0.39 is 0 Å². The second kappa shape index (κ2) is 4.77. The van der Waals surface area contributed by atoms with Crippen LogP contribution in [0.15, 0.2) is 18.2 Å². The molecule has 0 amide bonds. The summed E-state index contributed by atoms with van der Waals surface area (Å²) < 4.78 is 5.43. The Morgan fingerprint density at radius 2 is 1.88 bits per heavy atom. The van der Waals surface area contributed by atoms with Gasteiger partial charge in [-0.05, 0) is 36.3 Å². The summed E-state index contributed by atoms with van der Waals surface area (Å²) in [6.45, 7) is 2.34. The fourth-order valence-corrected chi connectivity index (χ4v) is 2.64. The number of ether oxygens (including phenoxy) is 1. The zero-order valence-electron chi connectivity index (χ0n) is 10.2. The van der Waals surface area contributed by atoms with Crippen molar-refractivity contribution in [2.75, 3.05) is 12.8 Å². The maximum atomic E-state index is 5.77. The average Bonchev–Trinajstić information content (AvgIpc) is 2.30. The Hall–Kier alpha value is -1.18. The lowest BCUT2D eigenvalue weighted by atomic mass is 9.79. The summed E-state index contributed by atoms with van der Waals surface area (Å²) in [5.41, 5.74) is 7.89. The first-order chi connectivity index (χ1) is 7.70. The van der Waals surface area contributed by atoms with Crippen LogP contribution < -0.4 is 10.5 Å². The number of nitrogen functional groups attached to an aromatic ring is 1. The molecule has 1 aliphatic carbocycles. The predicted molar refractivity (Wildman–Crippen MR) is 67.8 cm³/mol. The van der Waals surface area contributed by atoms with E-state index in [1.807, 2.05) is 12.1 Å². The van der Waals surface area contributed by atoms with Crippen LogP contribution in [0.5, 0.6) is 5.75 Å². The van der Waals surface area contributed by atoms with Gasteiger partial charge >= 0.3 is 0 Å². The molecule has 88 valence electrons. The monoisotopic (exact) mass is 219 g/mol. The highest BCUT2D eigenvalue weighted by atomic mass is 16.5. The van der Waals surface area contributed by atoms with E-state index in [4.69, 9.17) is 10.5 Å². The van der Waals surface area contributed by atoms with Crippen LogP contribution in [0.3, 0.4) is 0 Å². The van der Waals surface area contributed by atoms with Gasteiger partial charge in [0.1, 0.15) is 5.75 Å². The largest absolute Gasteiger partial charge is 0.496 e. The van der Waals surface area contributed by atoms with Gasteiger partial charge in [-0.25, -0.2) is 0 Å². The Bertz CT molecular complexity index is 354. The molecule has 0 saturated heterocycles. The number of nitrogens with two attached hydrogens (primary N) is 1. The average molecular weight is 219 g/mol. The summed E-state index contributed by atoms with van der Waals surface area (Å²) in [5, 5.41) is 0. The van der Waals surface area contributed by atoms with Crippen molar-refractivity contribution in [2.24, 2.45) is 5.92 Å². The van der Waals surface area contributed by atoms with Gasteiger partial charge in [0.05, 0.1) is 7.11 Å². The van der Waals surface area contributed by atoms with E-state index in [2.05, 4.69) is 13.0 Å². The van der Waals surface area contributed by atoms with Gasteiger partial charge in [-0.15, -0.1) is 0 Å². The van der Waals surface area contributed by atoms with Crippen LogP contribution >= 0.6 is 0 Å². The molecule has 1 aromatic rings. The molecule has 2 N–H and O–H groups in total. The molecule has 0 spiro atoms. The van der Waals surface area contributed by atoms with Crippen molar-refractivity contribution in [3.05, 3.63) is 23.8 Å². The number of rotatable bonds is 2. The first-order valence-electron chi connectivity index (χ1n) is 6.14. The van der Waals surface area contributed by atoms with Crippen molar-refractivity contribution in [2.45, 2.75) is 38.5 Å². The normalized spacial score (nSPS) is 25.4. The summed E-state index contributed by atoms with van der Waals surface area (Å²) in [4.78, 5) is 0. The summed E-state index contributed by atoms with van der Waals surface area (Å²) in [6, 6.07) is 6.05. The Morgan fingerprint density at radius 1 is 1.19 bits per heavy atom. The molecule has 0 heterocycles. The Kier molecular flexibility index (Phi) is 3.37. The number of benzene rings is 1. The topological polar surface area (TPSA) is 35.2 Å². The number of hydrogen-bond acceptors (Lipinski definition) is 2. The molecule has 1 fully saturated rings. The number of anilines is 1. The summed E-state index contributed by atoms with van der Waals surface area (Å²) >= 11 is 0. The van der Waals surface area contributed by atoms with Gasteiger partial charge in [0.25, 0.3) is 0 Å². The highest BCUT2D eigenvalue weighted by Crippen LogP contribution is 2.39. The lowest BCUT2D eigenvalue weighted by Crippen LogP contribution is -2.11. The van der Waals surface area contributed by atoms with Crippen LogP contribution in [0.25, 0.3) is 0 Å². The van der Waals surface area contributed by atoms with Crippen molar-refractivity contribution in [3.8, 4) is 5.75 Å².